The second-order valence-electron chi connectivity index (χ2n) is 11.1. The molecule has 3 N–H and O–H groups in total. The molecule has 3 aromatic rings. The van der Waals surface area contributed by atoms with E-state index in [0.29, 0.717) is 23.5 Å². The van der Waals surface area contributed by atoms with Crippen molar-refractivity contribution in [2.24, 2.45) is 11.7 Å². The van der Waals surface area contributed by atoms with Crippen molar-refractivity contribution in [2.45, 2.75) is 56.4 Å². The highest BCUT2D eigenvalue weighted by Gasteiger charge is 2.41. The number of rotatable bonds is 10. The molecule has 0 aromatic heterocycles. The van der Waals surface area contributed by atoms with Gasteiger partial charge in [-0.2, -0.15) is 5.26 Å². The van der Waals surface area contributed by atoms with Crippen molar-refractivity contribution in [3.8, 4) is 6.07 Å². The quantitative estimate of drug-likeness (QED) is 0.335. The summed E-state index contributed by atoms with van der Waals surface area (Å²) in [5.74, 6) is -0.563. The van der Waals surface area contributed by atoms with Crippen LogP contribution < -0.4 is 11.1 Å². The largest absolute Gasteiger partial charge is 0.445 e. The number of carbonyl (C=O) groups is 2. The van der Waals surface area contributed by atoms with Gasteiger partial charge in [-0.1, -0.05) is 61.4 Å². The fourth-order valence-corrected chi connectivity index (χ4v) is 5.50. The number of benzene rings is 3. The summed E-state index contributed by atoms with van der Waals surface area (Å²) >= 11 is 0. The van der Waals surface area contributed by atoms with Crippen LogP contribution in [0.4, 0.5) is 14.9 Å². The van der Waals surface area contributed by atoms with Gasteiger partial charge in [0.15, 0.2) is 0 Å². The third-order valence-electron chi connectivity index (χ3n) is 8.23. The molecule has 8 nitrogen and oxygen atoms in total. The topological polar surface area (TPSA) is 118 Å². The number of nitrogens with zero attached hydrogens (tertiary/aromatic N) is 2. The Labute approximate surface area is 245 Å². The zero-order chi connectivity index (χ0) is 29.7. The first kappa shape index (κ1) is 29.2. The summed E-state index contributed by atoms with van der Waals surface area (Å²) in [4.78, 5) is 27.8. The molecule has 0 spiro atoms. The average molecular weight is 571 g/mol. The predicted octanol–water partition coefficient (Wildman–Crippen LogP) is 5.45. The van der Waals surface area contributed by atoms with E-state index in [1.807, 2.05) is 36.4 Å². The number of halogens is 1. The van der Waals surface area contributed by atoms with E-state index in [4.69, 9.17) is 15.2 Å². The molecule has 2 aliphatic rings. The molecule has 1 saturated carbocycles. The highest BCUT2D eigenvalue weighted by molar-refractivity contribution is 5.97. The maximum Gasteiger partial charge on any atom is 0.410 e. The van der Waals surface area contributed by atoms with Crippen molar-refractivity contribution in [3.05, 3.63) is 101 Å². The zero-order valence-corrected chi connectivity index (χ0v) is 23.6. The molecule has 1 aliphatic carbocycles. The Morgan fingerprint density at radius 2 is 1.86 bits per heavy atom. The molecule has 9 heteroatoms. The lowest BCUT2D eigenvalue weighted by atomic mass is 9.79. The van der Waals surface area contributed by atoms with Crippen molar-refractivity contribution in [1.29, 1.82) is 5.26 Å². The van der Waals surface area contributed by atoms with E-state index < -0.39 is 29.4 Å². The van der Waals surface area contributed by atoms with Crippen LogP contribution in [0.2, 0.25) is 0 Å². The lowest BCUT2D eigenvalue weighted by molar-refractivity contribution is -0.120. The van der Waals surface area contributed by atoms with Gasteiger partial charge in [0.1, 0.15) is 18.5 Å². The van der Waals surface area contributed by atoms with Crippen LogP contribution >= 0.6 is 0 Å². The van der Waals surface area contributed by atoms with Gasteiger partial charge in [-0.05, 0) is 59.7 Å². The first-order valence-corrected chi connectivity index (χ1v) is 14.2. The molecule has 1 unspecified atom stereocenters. The summed E-state index contributed by atoms with van der Waals surface area (Å²) < 4.78 is 26.1. The smallest absolute Gasteiger partial charge is 0.410 e. The molecule has 218 valence electrons. The van der Waals surface area contributed by atoms with Crippen LogP contribution in [-0.4, -0.2) is 42.7 Å². The Hall–Kier alpha value is -4.26. The molecular formula is C33H35FN4O4. The molecule has 0 bridgehead atoms. The normalized spacial score (nSPS) is 19.5. The molecule has 42 heavy (non-hydrogen) atoms. The third-order valence-corrected chi connectivity index (χ3v) is 8.23. The number of nitrogens with two attached hydrogens (primary N) is 1. The second kappa shape index (κ2) is 12.7. The van der Waals surface area contributed by atoms with E-state index in [0.717, 1.165) is 30.4 Å². The summed E-state index contributed by atoms with van der Waals surface area (Å²) in [6, 6.07) is 22.1. The Balaban J connectivity index is 1.37. The van der Waals surface area contributed by atoms with Crippen LogP contribution in [0, 0.1) is 23.1 Å². The Bertz CT molecular complexity index is 1470. The predicted molar refractivity (Wildman–Crippen MR) is 156 cm³/mol. The van der Waals surface area contributed by atoms with Crippen LogP contribution in [0.15, 0.2) is 72.8 Å². The molecular weight excluding hydrogens is 535 g/mol. The maximum absolute atomic E-state index is 15.1. The number of methoxy groups -OCH3 is 1. The minimum atomic E-state index is -0.996. The number of likely N-dealkylation sites (tertiary alicyclic amines) is 1. The molecule has 3 atom stereocenters. The number of nitriles is 1. The van der Waals surface area contributed by atoms with Crippen LogP contribution in [-0.2, 0) is 26.4 Å². The summed E-state index contributed by atoms with van der Waals surface area (Å²) in [7, 11) is 1.52. The summed E-state index contributed by atoms with van der Waals surface area (Å²) in [6.07, 6.45) is 3.05. The van der Waals surface area contributed by atoms with Crippen LogP contribution in [0.3, 0.4) is 0 Å². The Kier molecular flexibility index (Phi) is 8.86. The van der Waals surface area contributed by atoms with Crippen molar-refractivity contribution < 1.29 is 23.5 Å². The van der Waals surface area contributed by atoms with Crippen molar-refractivity contribution in [1.82, 2.24) is 4.90 Å². The number of hydrogen-bond acceptors (Lipinski definition) is 6. The second-order valence-corrected chi connectivity index (χ2v) is 11.1. The lowest BCUT2D eigenvalue weighted by Gasteiger charge is -2.32. The first-order valence-electron chi connectivity index (χ1n) is 14.2. The van der Waals surface area contributed by atoms with Gasteiger partial charge in [0.05, 0.1) is 35.5 Å². The van der Waals surface area contributed by atoms with Gasteiger partial charge in [-0.15, -0.1) is 0 Å². The molecule has 1 heterocycles. The van der Waals surface area contributed by atoms with Crippen molar-refractivity contribution in [2.75, 3.05) is 19.0 Å². The summed E-state index contributed by atoms with van der Waals surface area (Å²) in [6.45, 7) is 0.234. The average Bonchev–Trinajstić information content (AvgIpc) is 3.75. The van der Waals surface area contributed by atoms with Crippen LogP contribution in [0.1, 0.15) is 54.4 Å². The molecule has 0 radical (unpaired) electrons. The monoisotopic (exact) mass is 570 g/mol. The maximum atomic E-state index is 15.1. The molecule has 3 aromatic carbocycles. The van der Waals surface area contributed by atoms with Gasteiger partial charge in [-0.25, -0.2) is 9.18 Å². The van der Waals surface area contributed by atoms with Gasteiger partial charge in [0.25, 0.3) is 0 Å². The standard InChI is InChI=1S/C33H35FN4O4/c1-41-27-18-30(38(20-27)32(40)42-21-23-6-3-2-4-7-23)31(39)37-29-17-26(12-13-28(29)34)33(36,15-14-22-10-11-22)25-9-5-8-24(16-25)19-35/h2-9,12-13,16-17,22,27,30H,10-11,14-15,18,20-21,36H2,1H3,(H,37,39)/t27-,30-,33?/m1/s1. The Morgan fingerprint density at radius 1 is 1.10 bits per heavy atom. The number of ether oxygens (including phenoxy) is 2. The summed E-state index contributed by atoms with van der Waals surface area (Å²) in [5.41, 5.74) is 8.70. The lowest BCUT2D eigenvalue weighted by Crippen LogP contribution is -2.43. The Morgan fingerprint density at radius 3 is 2.57 bits per heavy atom. The van der Waals surface area contributed by atoms with Gasteiger partial charge >= 0.3 is 6.09 Å². The highest BCUT2D eigenvalue weighted by atomic mass is 19.1. The van der Waals surface area contributed by atoms with E-state index in [2.05, 4.69) is 11.4 Å². The fraction of sp³-hybridized carbons (Fsp3) is 0.364. The number of carbonyl (C=O) groups excluding carboxylic acids is 2. The first-order chi connectivity index (χ1) is 20.3. The van der Waals surface area contributed by atoms with E-state index in [9.17, 15) is 14.9 Å². The highest BCUT2D eigenvalue weighted by Crippen LogP contribution is 2.40. The SMILES string of the molecule is CO[C@@H]1C[C@H](C(=O)Nc2cc(C(N)(CCC3CC3)c3cccc(C#N)c3)ccc2F)N(C(=O)OCc2ccccc2)C1. The van der Waals surface area contributed by atoms with Crippen molar-refractivity contribution >= 4 is 17.7 Å². The van der Waals surface area contributed by atoms with Gasteiger partial charge in [0.2, 0.25) is 5.91 Å². The molecule has 1 saturated heterocycles. The number of nitrogens with one attached hydrogen (secondary N) is 1. The molecule has 2 amide bonds. The van der Waals surface area contributed by atoms with Crippen LogP contribution in [0.5, 0.6) is 0 Å². The molecule has 2 fully saturated rings. The zero-order valence-electron chi connectivity index (χ0n) is 23.6. The van der Waals surface area contributed by atoms with E-state index in [1.54, 1.807) is 30.3 Å². The number of amides is 2. The van der Waals surface area contributed by atoms with E-state index in [1.165, 1.54) is 18.1 Å². The van der Waals surface area contributed by atoms with Gasteiger partial charge in [0, 0.05) is 13.5 Å². The summed E-state index contributed by atoms with van der Waals surface area (Å²) in [5, 5.41) is 12.2. The third kappa shape index (κ3) is 6.62. The van der Waals surface area contributed by atoms with Gasteiger partial charge in [-0.3, -0.25) is 9.69 Å². The minimum absolute atomic E-state index is 0.0337. The van der Waals surface area contributed by atoms with Gasteiger partial charge < -0.3 is 20.5 Å². The number of hydrogen-bond donors (Lipinski definition) is 2. The van der Waals surface area contributed by atoms with Crippen LogP contribution in [0.25, 0.3) is 0 Å². The fourth-order valence-electron chi connectivity index (χ4n) is 5.50. The van der Waals surface area contributed by atoms with E-state index >= 15 is 4.39 Å². The molecule has 5 rings (SSSR count). The van der Waals surface area contributed by atoms with Crippen molar-refractivity contribution in [3.63, 3.8) is 0 Å². The molecule has 1 aliphatic heterocycles. The van der Waals surface area contributed by atoms with E-state index in [-0.39, 0.29) is 31.4 Å². The minimum Gasteiger partial charge on any atom is -0.445 e. The number of anilines is 1.